The molecule has 0 saturated carbocycles. The van der Waals surface area contributed by atoms with Gasteiger partial charge in [0.25, 0.3) is 0 Å². The average Bonchev–Trinajstić information content (AvgIpc) is 3.10. The van der Waals surface area contributed by atoms with Gasteiger partial charge in [0, 0.05) is 24.1 Å². The number of urea groups is 1. The summed E-state index contributed by atoms with van der Waals surface area (Å²) < 4.78 is 2.20. The Hall–Kier alpha value is -3.01. The van der Waals surface area contributed by atoms with Gasteiger partial charge in [-0.3, -0.25) is 0 Å². The molecule has 0 aliphatic heterocycles. The SMILES string of the molecule is CCc1ccccc1NC(=O)NCc1cccn1Cc1c(C)cc(C)cc1C. The molecule has 0 saturated heterocycles. The Morgan fingerprint density at radius 2 is 1.71 bits per heavy atom. The fraction of sp³-hybridized carbons (Fsp3) is 0.292. The molecular formula is C24H29N3O. The van der Waals surface area contributed by atoms with E-state index in [1.165, 1.54) is 22.3 Å². The lowest BCUT2D eigenvalue weighted by Gasteiger charge is -2.16. The van der Waals surface area contributed by atoms with E-state index in [2.05, 4.69) is 67.3 Å². The second-order valence-corrected chi connectivity index (χ2v) is 7.32. The van der Waals surface area contributed by atoms with Gasteiger partial charge in [0.2, 0.25) is 0 Å². The summed E-state index contributed by atoms with van der Waals surface area (Å²) in [6.07, 6.45) is 2.95. The molecule has 1 aromatic heterocycles. The standard InChI is InChI=1S/C24H29N3O/c1-5-20-9-6-7-11-23(20)26-24(28)25-15-21-10-8-12-27(21)16-22-18(3)13-17(2)14-19(22)4/h6-14H,5,15-16H2,1-4H3,(H2,25,26,28). The zero-order valence-corrected chi connectivity index (χ0v) is 17.2. The van der Waals surface area contributed by atoms with Crippen LogP contribution in [0.2, 0.25) is 0 Å². The van der Waals surface area contributed by atoms with E-state index in [-0.39, 0.29) is 6.03 Å². The van der Waals surface area contributed by atoms with Gasteiger partial charge < -0.3 is 15.2 Å². The quantitative estimate of drug-likeness (QED) is 0.600. The predicted molar refractivity (Wildman–Crippen MR) is 116 cm³/mol. The van der Waals surface area contributed by atoms with E-state index >= 15 is 0 Å². The summed E-state index contributed by atoms with van der Waals surface area (Å²) in [4.78, 5) is 12.4. The minimum absolute atomic E-state index is 0.184. The largest absolute Gasteiger partial charge is 0.345 e. The molecule has 4 nitrogen and oxygen atoms in total. The number of carbonyl (C=O) groups excluding carboxylic acids is 1. The van der Waals surface area contributed by atoms with Gasteiger partial charge >= 0.3 is 6.03 Å². The van der Waals surface area contributed by atoms with Crippen LogP contribution in [0, 0.1) is 20.8 Å². The van der Waals surface area contributed by atoms with Gasteiger partial charge in [-0.2, -0.15) is 0 Å². The number of hydrogen-bond acceptors (Lipinski definition) is 1. The molecule has 4 heteroatoms. The molecule has 0 aliphatic carbocycles. The van der Waals surface area contributed by atoms with Crippen molar-refractivity contribution in [1.29, 1.82) is 0 Å². The average molecular weight is 376 g/mol. The van der Waals surface area contributed by atoms with Crippen LogP contribution in [0.15, 0.2) is 54.7 Å². The number of amides is 2. The van der Waals surface area contributed by atoms with Crippen LogP contribution in [0.3, 0.4) is 0 Å². The van der Waals surface area contributed by atoms with Crippen molar-refractivity contribution in [3.05, 3.63) is 88.2 Å². The van der Waals surface area contributed by atoms with Gasteiger partial charge in [-0.1, -0.05) is 42.8 Å². The third-order valence-corrected chi connectivity index (χ3v) is 5.17. The Labute approximate surface area is 167 Å². The van der Waals surface area contributed by atoms with E-state index in [9.17, 15) is 4.79 Å². The number of aromatic nitrogens is 1. The lowest BCUT2D eigenvalue weighted by atomic mass is 10.00. The number of para-hydroxylation sites is 1. The van der Waals surface area contributed by atoms with Crippen LogP contribution in [0.4, 0.5) is 10.5 Å². The minimum atomic E-state index is -0.184. The van der Waals surface area contributed by atoms with Gasteiger partial charge in [0.05, 0.1) is 6.54 Å². The molecule has 0 unspecified atom stereocenters. The Balaban J connectivity index is 1.65. The third kappa shape index (κ3) is 4.63. The van der Waals surface area contributed by atoms with Crippen LogP contribution in [0.25, 0.3) is 0 Å². The number of rotatable bonds is 6. The van der Waals surface area contributed by atoms with Gasteiger partial charge in [-0.05, 0) is 67.6 Å². The molecule has 0 spiro atoms. The van der Waals surface area contributed by atoms with E-state index in [0.29, 0.717) is 6.54 Å². The number of anilines is 1. The molecule has 0 fully saturated rings. The lowest BCUT2D eigenvalue weighted by molar-refractivity contribution is 0.251. The number of carbonyl (C=O) groups is 1. The summed E-state index contributed by atoms with van der Waals surface area (Å²) in [6, 6.07) is 16.2. The molecule has 2 amide bonds. The number of nitrogens with zero attached hydrogens (tertiary/aromatic N) is 1. The van der Waals surface area contributed by atoms with E-state index < -0.39 is 0 Å². The van der Waals surface area contributed by atoms with Crippen LogP contribution in [0.1, 0.15) is 40.4 Å². The summed E-state index contributed by atoms with van der Waals surface area (Å²) in [5, 5.41) is 5.94. The summed E-state index contributed by atoms with van der Waals surface area (Å²) in [5.41, 5.74) is 8.31. The molecule has 2 N–H and O–H groups in total. The van der Waals surface area contributed by atoms with Crippen molar-refractivity contribution in [2.45, 2.75) is 47.2 Å². The van der Waals surface area contributed by atoms with Crippen LogP contribution in [-0.4, -0.2) is 10.6 Å². The minimum Gasteiger partial charge on any atom is -0.345 e. The first kappa shape index (κ1) is 19.7. The van der Waals surface area contributed by atoms with Crippen LogP contribution >= 0.6 is 0 Å². The molecule has 0 bridgehead atoms. The van der Waals surface area contributed by atoms with E-state index in [1.807, 2.05) is 30.3 Å². The van der Waals surface area contributed by atoms with Gasteiger partial charge in [0.1, 0.15) is 0 Å². The maximum atomic E-state index is 12.4. The molecule has 28 heavy (non-hydrogen) atoms. The predicted octanol–water partition coefficient (Wildman–Crippen LogP) is 5.35. The summed E-state index contributed by atoms with van der Waals surface area (Å²) in [6.45, 7) is 9.83. The molecule has 0 atom stereocenters. The molecule has 1 heterocycles. The van der Waals surface area contributed by atoms with Crippen LogP contribution < -0.4 is 10.6 Å². The zero-order chi connectivity index (χ0) is 20.1. The van der Waals surface area contributed by atoms with Gasteiger partial charge in [-0.15, -0.1) is 0 Å². The first-order valence-corrected chi connectivity index (χ1v) is 9.81. The second kappa shape index (κ2) is 8.79. The summed E-state index contributed by atoms with van der Waals surface area (Å²) in [7, 11) is 0. The highest BCUT2D eigenvalue weighted by atomic mass is 16.2. The lowest BCUT2D eigenvalue weighted by Crippen LogP contribution is -2.29. The fourth-order valence-electron chi connectivity index (χ4n) is 3.68. The smallest absolute Gasteiger partial charge is 0.319 e. The highest BCUT2D eigenvalue weighted by molar-refractivity contribution is 5.90. The maximum absolute atomic E-state index is 12.4. The normalized spacial score (nSPS) is 10.7. The Morgan fingerprint density at radius 1 is 1.00 bits per heavy atom. The van der Waals surface area contributed by atoms with Gasteiger partial charge in [-0.25, -0.2) is 4.79 Å². The van der Waals surface area contributed by atoms with Crippen molar-refractivity contribution in [3.8, 4) is 0 Å². The highest BCUT2D eigenvalue weighted by Gasteiger charge is 2.09. The molecule has 146 valence electrons. The van der Waals surface area contributed by atoms with Gasteiger partial charge in [0.15, 0.2) is 0 Å². The van der Waals surface area contributed by atoms with E-state index in [4.69, 9.17) is 0 Å². The van der Waals surface area contributed by atoms with Crippen molar-refractivity contribution in [2.24, 2.45) is 0 Å². The highest BCUT2D eigenvalue weighted by Crippen LogP contribution is 2.19. The number of hydrogen-bond donors (Lipinski definition) is 2. The monoisotopic (exact) mass is 375 g/mol. The topological polar surface area (TPSA) is 46.1 Å². The Bertz CT molecular complexity index is 948. The summed E-state index contributed by atoms with van der Waals surface area (Å²) >= 11 is 0. The zero-order valence-electron chi connectivity index (χ0n) is 17.2. The molecule has 3 aromatic rings. The summed E-state index contributed by atoms with van der Waals surface area (Å²) in [5.74, 6) is 0. The first-order chi connectivity index (χ1) is 13.5. The van der Waals surface area contributed by atoms with Crippen molar-refractivity contribution >= 4 is 11.7 Å². The Morgan fingerprint density at radius 3 is 2.43 bits per heavy atom. The Kier molecular flexibility index (Phi) is 6.19. The first-order valence-electron chi connectivity index (χ1n) is 9.81. The maximum Gasteiger partial charge on any atom is 0.319 e. The number of benzene rings is 2. The molecule has 0 radical (unpaired) electrons. The second-order valence-electron chi connectivity index (χ2n) is 7.32. The number of aryl methyl sites for hydroxylation is 4. The van der Waals surface area contributed by atoms with E-state index in [0.717, 1.165) is 29.9 Å². The molecule has 2 aromatic carbocycles. The third-order valence-electron chi connectivity index (χ3n) is 5.17. The van der Waals surface area contributed by atoms with Crippen LogP contribution in [-0.2, 0) is 19.5 Å². The van der Waals surface area contributed by atoms with Crippen molar-refractivity contribution in [1.82, 2.24) is 9.88 Å². The van der Waals surface area contributed by atoms with Crippen molar-refractivity contribution in [3.63, 3.8) is 0 Å². The molecule has 3 rings (SSSR count). The number of nitrogens with one attached hydrogen (secondary N) is 2. The molecule has 0 aliphatic rings. The van der Waals surface area contributed by atoms with Crippen molar-refractivity contribution in [2.75, 3.05) is 5.32 Å². The van der Waals surface area contributed by atoms with E-state index in [1.54, 1.807) is 0 Å². The van der Waals surface area contributed by atoms with Crippen LogP contribution in [0.5, 0.6) is 0 Å². The molecular weight excluding hydrogens is 346 g/mol. The van der Waals surface area contributed by atoms with Crippen molar-refractivity contribution < 1.29 is 4.79 Å². The fourth-order valence-corrected chi connectivity index (χ4v) is 3.68.